The van der Waals surface area contributed by atoms with Gasteiger partial charge in [0.15, 0.2) is 0 Å². The van der Waals surface area contributed by atoms with Crippen molar-refractivity contribution >= 4 is 17.7 Å². The molecule has 98 valence electrons. The first kappa shape index (κ1) is 13.4. The molecular weight excluding hydrogens is 250 g/mol. The van der Waals surface area contributed by atoms with E-state index in [0.717, 1.165) is 12.8 Å². The van der Waals surface area contributed by atoms with E-state index < -0.39 is 5.54 Å². The Bertz CT molecular complexity index is 413. The highest BCUT2D eigenvalue weighted by Crippen LogP contribution is 2.38. The molecule has 1 aliphatic carbocycles. The molecule has 18 heavy (non-hydrogen) atoms. The molecule has 3 nitrogen and oxygen atoms in total. The zero-order valence-corrected chi connectivity index (χ0v) is 11.4. The maximum atomic E-state index is 11.8. The maximum Gasteiger partial charge on any atom is 0.327 e. The number of halogens is 1. The molecule has 0 atom stereocenters. The van der Waals surface area contributed by atoms with Gasteiger partial charge in [-0.1, -0.05) is 30.3 Å². The van der Waals surface area contributed by atoms with Crippen molar-refractivity contribution in [3.63, 3.8) is 0 Å². The second kappa shape index (κ2) is 5.29. The van der Waals surface area contributed by atoms with Gasteiger partial charge in [0.05, 0.1) is 0 Å². The van der Waals surface area contributed by atoms with Crippen molar-refractivity contribution < 1.29 is 9.53 Å². The lowest BCUT2D eigenvalue weighted by atomic mass is 9.77. The molecule has 0 amide bonds. The third-order valence-corrected chi connectivity index (χ3v) is 3.86. The van der Waals surface area contributed by atoms with Crippen LogP contribution in [0, 0.1) is 0 Å². The number of rotatable bonds is 4. The standard InChI is InChI=1S/C14H18ClNO2/c1-14(2,16-15)13(17)18-12-8-11(9-12)10-6-4-3-5-7-10/h3-7,11-12,16H,8-9H2,1-2H3. The number of benzene rings is 1. The van der Waals surface area contributed by atoms with E-state index >= 15 is 0 Å². The van der Waals surface area contributed by atoms with Crippen molar-refractivity contribution in [2.45, 2.75) is 44.2 Å². The fourth-order valence-electron chi connectivity index (χ4n) is 2.00. The summed E-state index contributed by atoms with van der Waals surface area (Å²) >= 11 is 5.51. The molecule has 1 fully saturated rings. The van der Waals surface area contributed by atoms with Gasteiger partial charge < -0.3 is 4.74 Å². The molecule has 0 radical (unpaired) electrons. The zero-order valence-electron chi connectivity index (χ0n) is 10.7. The van der Waals surface area contributed by atoms with Gasteiger partial charge in [-0.3, -0.25) is 4.79 Å². The van der Waals surface area contributed by atoms with Gasteiger partial charge in [0.1, 0.15) is 11.6 Å². The molecule has 0 bridgehead atoms. The zero-order chi connectivity index (χ0) is 13.2. The smallest absolute Gasteiger partial charge is 0.327 e. The van der Waals surface area contributed by atoms with E-state index in [2.05, 4.69) is 17.0 Å². The fraction of sp³-hybridized carbons (Fsp3) is 0.500. The van der Waals surface area contributed by atoms with Gasteiger partial charge in [-0.25, -0.2) is 4.84 Å². The second-order valence-corrected chi connectivity index (χ2v) is 5.51. The summed E-state index contributed by atoms with van der Waals surface area (Å²) in [6.45, 7) is 3.41. The second-order valence-electron chi connectivity index (χ2n) is 5.33. The molecule has 0 aromatic heterocycles. The molecule has 0 saturated heterocycles. The van der Waals surface area contributed by atoms with Crippen molar-refractivity contribution in [3.8, 4) is 0 Å². The Hall–Kier alpha value is -1.06. The van der Waals surface area contributed by atoms with E-state index in [1.807, 2.05) is 18.2 Å². The summed E-state index contributed by atoms with van der Waals surface area (Å²) in [4.78, 5) is 14.2. The Labute approximate surface area is 113 Å². The van der Waals surface area contributed by atoms with E-state index in [9.17, 15) is 4.79 Å². The van der Waals surface area contributed by atoms with Crippen LogP contribution in [0.2, 0.25) is 0 Å². The molecule has 0 heterocycles. The van der Waals surface area contributed by atoms with E-state index in [4.69, 9.17) is 16.5 Å². The fourth-order valence-corrected chi connectivity index (χ4v) is 2.07. The highest BCUT2D eigenvalue weighted by Gasteiger charge is 2.37. The predicted octanol–water partition coefficient (Wildman–Crippen LogP) is 3.00. The van der Waals surface area contributed by atoms with Crippen LogP contribution in [0.3, 0.4) is 0 Å². The van der Waals surface area contributed by atoms with Crippen LogP contribution in [-0.2, 0) is 9.53 Å². The molecular formula is C14H18ClNO2. The largest absolute Gasteiger partial charge is 0.461 e. The molecule has 1 N–H and O–H groups in total. The minimum Gasteiger partial charge on any atom is -0.461 e. The minimum absolute atomic E-state index is 0.0204. The molecule has 2 rings (SSSR count). The monoisotopic (exact) mass is 267 g/mol. The number of hydrogen-bond donors (Lipinski definition) is 1. The van der Waals surface area contributed by atoms with Crippen molar-refractivity contribution in [2.75, 3.05) is 0 Å². The van der Waals surface area contributed by atoms with E-state index in [1.165, 1.54) is 5.56 Å². The third-order valence-electron chi connectivity index (χ3n) is 3.39. The molecule has 0 spiro atoms. The number of ether oxygens (including phenoxy) is 1. The van der Waals surface area contributed by atoms with Crippen LogP contribution in [0.5, 0.6) is 0 Å². The predicted molar refractivity (Wildman–Crippen MR) is 71.4 cm³/mol. The van der Waals surface area contributed by atoms with Crippen LogP contribution >= 0.6 is 11.8 Å². The van der Waals surface area contributed by atoms with Crippen molar-refractivity contribution in [1.29, 1.82) is 0 Å². The van der Waals surface area contributed by atoms with Gasteiger partial charge in [-0.15, -0.1) is 0 Å². The lowest BCUT2D eigenvalue weighted by Crippen LogP contribution is -2.46. The summed E-state index contributed by atoms with van der Waals surface area (Å²) in [5.41, 5.74) is 0.485. The number of hydrogen-bond acceptors (Lipinski definition) is 3. The van der Waals surface area contributed by atoms with Crippen LogP contribution in [0.25, 0.3) is 0 Å². The van der Waals surface area contributed by atoms with Crippen molar-refractivity contribution in [1.82, 2.24) is 4.84 Å². The SMILES string of the molecule is CC(C)(NCl)C(=O)OC1CC(c2ccccc2)C1. The maximum absolute atomic E-state index is 11.8. The molecule has 1 aliphatic rings. The van der Waals surface area contributed by atoms with E-state index in [1.54, 1.807) is 13.8 Å². The highest BCUT2D eigenvalue weighted by atomic mass is 35.5. The number of carbonyl (C=O) groups excluding carboxylic acids is 1. The normalized spacial score (nSPS) is 23.3. The molecule has 1 aromatic rings. The summed E-state index contributed by atoms with van der Waals surface area (Å²) in [5, 5.41) is 0. The minimum atomic E-state index is -0.834. The Morgan fingerprint density at radius 2 is 1.94 bits per heavy atom. The molecule has 1 aromatic carbocycles. The first-order valence-electron chi connectivity index (χ1n) is 6.17. The first-order valence-corrected chi connectivity index (χ1v) is 6.54. The lowest BCUT2D eigenvalue weighted by Gasteiger charge is -2.36. The van der Waals surface area contributed by atoms with Gasteiger partial charge in [-0.05, 0) is 49.9 Å². The summed E-state index contributed by atoms with van der Waals surface area (Å²) in [6, 6.07) is 10.3. The van der Waals surface area contributed by atoms with Gasteiger partial charge in [-0.2, -0.15) is 0 Å². The van der Waals surface area contributed by atoms with E-state index in [0.29, 0.717) is 5.92 Å². The average Bonchev–Trinajstić information content (AvgIpc) is 2.33. The first-order chi connectivity index (χ1) is 8.53. The van der Waals surface area contributed by atoms with Crippen LogP contribution in [0.15, 0.2) is 30.3 Å². The Balaban J connectivity index is 1.82. The van der Waals surface area contributed by atoms with Gasteiger partial charge in [0.25, 0.3) is 0 Å². The Morgan fingerprint density at radius 1 is 1.33 bits per heavy atom. The summed E-state index contributed by atoms with van der Waals surface area (Å²) in [5.74, 6) is 0.213. The average molecular weight is 268 g/mol. The highest BCUT2D eigenvalue weighted by molar-refractivity contribution is 6.15. The van der Waals surface area contributed by atoms with Crippen molar-refractivity contribution in [2.24, 2.45) is 0 Å². The molecule has 4 heteroatoms. The molecule has 0 aliphatic heterocycles. The summed E-state index contributed by atoms with van der Waals surface area (Å²) in [7, 11) is 0. The van der Waals surface area contributed by atoms with Crippen LogP contribution < -0.4 is 4.84 Å². The van der Waals surface area contributed by atoms with Crippen molar-refractivity contribution in [3.05, 3.63) is 35.9 Å². The summed E-state index contributed by atoms with van der Waals surface area (Å²) in [6.07, 6.45) is 1.81. The third kappa shape index (κ3) is 2.85. The van der Waals surface area contributed by atoms with Crippen LogP contribution in [-0.4, -0.2) is 17.6 Å². The summed E-state index contributed by atoms with van der Waals surface area (Å²) < 4.78 is 5.41. The number of nitrogens with one attached hydrogen (secondary N) is 1. The Kier molecular flexibility index (Phi) is 3.93. The van der Waals surface area contributed by atoms with Crippen LogP contribution in [0.1, 0.15) is 38.2 Å². The van der Waals surface area contributed by atoms with Crippen LogP contribution in [0.4, 0.5) is 0 Å². The number of carbonyl (C=O) groups is 1. The topological polar surface area (TPSA) is 38.3 Å². The van der Waals surface area contributed by atoms with Gasteiger partial charge in [0.2, 0.25) is 0 Å². The quantitative estimate of drug-likeness (QED) is 0.673. The van der Waals surface area contributed by atoms with Gasteiger partial charge >= 0.3 is 5.97 Å². The lowest BCUT2D eigenvalue weighted by molar-refractivity contribution is -0.159. The van der Waals surface area contributed by atoms with E-state index in [-0.39, 0.29) is 12.1 Å². The Morgan fingerprint density at radius 3 is 2.50 bits per heavy atom. The molecule has 0 unspecified atom stereocenters. The molecule has 1 saturated carbocycles. The number of esters is 1. The van der Waals surface area contributed by atoms with Gasteiger partial charge in [0, 0.05) is 0 Å².